The predicted octanol–water partition coefficient (Wildman–Crippen LogP) is 1.82. The van der Waals surface area contributed by atoms with Gasteiger partial charge in [-0.3, -0.25) is 9.59 Å². The zero-order valence-electron chi connectivity index (χ0n) is 9.61. The molecule has 0 saturated carbocycles. The van der Waals surface area contributed by atoms with E-state index in [4.69, 9.17) is 11.0 Å². The van der Waals surface area contributed by atoms with Gasteiger partial charge in [0.25, 0.3) is 5.91 Å². The summed E-state index contributed by atoms with van der Waals surface area (Å²) in [6, 6.07) is 3.42. The molecule has 1 aromatic rings. The van der Waals surface area contributed by atoms with Crippen LogP contribution in [0, 0.1) is 11.3 Å². The second kappa shape index (κ2) is 5.46. The zero-order valence-corrected chi connectivity index (χ0v) is 10.4. The van der Waals surface area contributed by atoms with Crippen LogP contribution in [-0.4, -0.2) is 11.8 Å². The third-order valence-electron chi connectivity index (χ3n) is 2.08. The van der Waals surface area contributed by atoms with Gasteiger partial charge in [-0.2, -0.15) is 5.26 Å². The molecule has 3 N–H and O–H groups in total. The average molecular weight is 251 g/mol. The van der Waals surface area contributed by atoms with Crippen LogP contribution < -0.4 is 11.1 Å². The summed E-state index contributed by atoms with van der Waals surface area (Å²) in [7, 11) is 0. The number of carbonyl (C=O) groups excluding carboxylic acids is 2. The Bertz CT molecular complexity index is 485. The first kappa shape index (κ1) is 13.2. The Morgan fingerprint density at radius 3 is 2.71 bits per heavy atom. The van der Waals surface area contributed by atoms with Gasteiger partial charge in [0.1, 0.15) is 11.4 Å². The lowest BCUT2D eigenvalue weighted by Gasteiger charge is -2.01. The van der Waals surface area contributed by atoms with Crippen LogP contribution in [0.15, 0.2) is 6.07 Å². The van der Waals surface area contributed by atoms with E-state index >= 15 is 0 Å². The predicted molar refractivity (Wildman–Crippen MR) is 65.8 cm³/mol. The van der Waals surface area contributed by atoms with E-state index in [1.165, 1.54) is 11.3 Å². The molecule has 0 aliphatic carbocycles. The highest BCUT2D eigenvalue weighted by Gasteiger charge is 2.17. The van der Waals surface area contributed by atoms with Gasteiger partial charge in [0.05, 0.1) is 11.6 Å². The van der Waals surface area contributed by atoms with E-state index in [0.717, 1.165) is 4.88 Å². The van der Waals surface area contributed by atoms with Gasteiger partial charge in [-0.05, 0) is 12.0 Å². The molecule has 1 aromatic heterocycles. The summed E-state index contributed by atoms with van der Waals surface area (Å²) in [4.78, 5) is 23.5. The summed E-state index contributed by atoms with van der Waals surface area (Å²) in [5, 5.41) is 11.3. The molecule has 0 aliphatic heterocycles. The number of nitriles is 1. The Balaban J connectivity index is 3.01. The highest BCUT2D eigenvalue weighted by molar-refractivity contribution is 7.16. The van der Waals surface area contributed by atoms with Crippen molar-refractivity contribution in [2.45, 2.75) is 26.2 Å². The molecule has 0 spiro atoms. The van der Waals surface area contributed by atoms with Crippen molar-refractivity contribution < 1.29 is 9.59 Å². The molecule has 1 rings (SSSR count). The van der Waals surface area contributed by atoms with E-state index in [0.29, 0.717) is 10.6 Å². The second-order valence-corrected chi connectivity index (χ2v) is 4.88. The molecular weight excluding hydrogens is 238 g/mol. The maximum Gasteiger partial charge on any atom is 0.251 e. The maximum absolute atomic E-state index is 11.3. The van der Waals surface area contributed by atoms with Crippen molar-refractivity contribution in [1.82, 2.24) is 0 Å². The Kier molecular flexibility index (Phi) is 4.24. The van der Waals surface area contributed by atoms with E-state index < -0.39 is 11.8 Å². The number of amides is 2. The van der Waals surface area contributed by atoms with Crippen LogP contribution in [0.4, 0.5) is 5.00 Å². The zero-order chi connectivity index (χ0) is 13.0. The fraction of sp³-hybridized carbons (Fsp3) is 0.364. The molecule has 0 atom stereocenters. The summed E-state index contributed by atoms with van der Waals surface area (Å²) in [5.74, 6) is -0.771. The Labute approximate surface area is 103 Å². The average Bonchev–Trinajstić information content (AvgIpc) is 2.62. The maximum atomic E-state index is 11.3. The first-order chi connectivity index (χ1) is 7.95. The molecule has 5 nitrogen and oxygen atoms in total. The number of anilines is 1. The normalized spacial score (nSPS) is 10.0. The van der Waals surface area contributed by atoms with Crippen LogP contribution in [0.1, 0.15) is 41.4 Å². The lowest BCUT2D eigenvalue weighted by molar-refractivity contribution is -0.115. The molecule has 1 heterocycles. The molecule has 0 bridgehead atoms. The van der Waals surface area contributed by atoms with Crippen LogP contribution >= 0.6 is 11.3 Å². The molecule has 90 valence electrons. The third-order valence-corrected chi connectivity index (χ3v) is 3.43. The molecule has 0 aromatic carbocycles. The highest BCUT2D eigenvalue weighted by Crippen LogP contribution is 2.32. The summed E-state index contributed by atoms with van der Waals surface area (Å²) in [6.07, 6.45) is -0.243. The number of rotatable bonds is 4. The number of thiophene rings is 1. The standard InChI is InChI=1S/C11H13N3O2S/c1-6(2)8-5-7(10(13)16)11(17-8)14-9(15)3-4-12/h5-6H,3H2,1-2H3,(H2,13,16)(H,14,15). The monoisotopic (exact) mass is 251 g/mol. The fourth-order valence-electron chi connectivity index (χ4n) is 1.21. The van der Waals surface area contributed by atoms with E-state index in [9.17, 15) is 9.59 Å². The third kappa shape index (κ3) is 3.29. The molecule has 0 radical (unpaired) electrons. The number of nitrogens with two attached hydrogens (primary N) is 1. The highest BCUT2D eigenvalue weighted by atomic mass is 32.1. The SMILES string of the molecule is CC(C)c1cc(C(N)=O)c(NC(=O)CC#N)s1. The van der Waals surface area contributed by atoms with Gasteiger partial charge in [0, 0.05) is 4.88 Å². The van der Waals surface area contributed by atoms with Crippen molar-refractivity contribution in [3.05, 3.63) is 16.5 Å². The van der Waals surface area contributed by atoms with Crippen molar-refractivity contribution in [2.24, 2.45) is 5.73 Å². The number of carbonyl (C=O) groups is 2. The first-order valence-electron chi connectivity index (χ1n) is 5.06. The molecular formula is C11H13N3O2S. The first-order valence-corrected chi connectivity index (χ1v) is 5.87. The molecule has 6 heteroatoms. The number of nitrogens with one attached hydrogen (secondary N) is 1. The van der Waals surface area contributed by atoms with Crippen molar-refractivity contribution in [3.63, 3.8) is 0 Å². The minimum atomic E-state index is -0.583. The molecule has 2 amide bonds. The lowest BCUT2D eigenvalue weighted by Crippen LogP contribution is -2.15. The van der Waals surface area contributed by atoms with Crippen molar-refractivity contribution in [2.75, 3.05) is 5.32 Å². The van der Waals surface area contributed by atoms with Crippen LogP contribution in [0.2, 0.25) is 0 Å². The molecule has 0 saturated heterocycles. The quantitative estimate of drug-likeness (QED) is 0.854. The summed E-state index contributed by atoms with van der Waals surface area (Å²) in [5.41, 5.74) is 5.53. The van der Waals surface area contributed by atoms with Gasteiger partial charge < -0.3 is 11.1 Å². The van der Waals surface area contributed by atoms with Crippen LogP contribution in [0.3, 0.4) is 0 Å². The lowest BCUT2D eigenvalue weighted by atomic mass is 10.1. The Hall–Kier alpha value is -1.87. The summed E-state index contributed by atoms with van der Waals surface area (Å²) >= 11 is 1.31. The minimum Gasteiger partial charge on any atom is -0.366 e. The van der Waals surface area contributed by atoms with Gasteiger partial charge >= 0.3 is 0 Å². The molecule has 0 unspecified atom stereocenters. The van der Waals surface area contributed by atoms with Gasteiger partial charge in [0.2, 0.25) is 5.91 Å². The van der Waals surface area contributed by atoms with Crippen molar-refractivity contribution in [1.29, 1.82) is 5.26 Å². The van der Waals surface area contributed by atoms with Gasteiger partial charge in [-0.1, -0.05) is 13.8 Å². The summed E-state index contributed by atoms with van der Waals surface area (Å²) < 4.78 is 0. The van der Waals surface area contributed by atoms with Gasteiger partial charge in [-0.15, -0.1) is 11.3 Å². The Morgan fingerprint density at radius 2 is 2.24 bits per heavy atom. The van der Waals surface area contributed by atoms with Gasteiger partial charge in [0.15, 0.2) is 0 Å². The Morgan fingerprint density at radius 1 is 1.59 bits per heavy atom. The topological polar surface area (TPSA) is 96.0 Å². The number of primary amides is 1. The van der Waals surface area contributed by atoms with Crippen LogP contribution in [0.5, 0.6) is 0 Å². The van der Waals surface area contributed by atoms with E-state index in [1.807, 2.05) is 13.8 Å². The van der Waals surface area contributed by atoms with Gasteiger partial charge in [-0.25, -0.2) is 0 Å². The number of hydrogen-bond acceptors (Lipinski definition) is 4. The van der Waals surface area contributed by atoms with Crippen LogP contribution in [0.25, 0.3) is 0 Å². The summed E-state index contributed by atoms with van der Waals surface area (Å²) in [6.45, 7) is 3.97. The van der Waals surface area contributed by atoms with Crippen molar-refractivity contribution >= 4 is 28.2 Å². The number of nitrogens with zero attached hydrogens (tertiary/aromatic N) is 1. The molecule has 17 heavy (non-hydrogen) atoms. The number of hydrogen-bond donors (Lipinski definition) is 2. The molecule has 0 aliphatic rings. The van der Waals surface area contributed by atoms with E-state index in [2.05, 4.69) is 5.32 Å². The largest absolute Gasteiger partial charge is 0.366 e. The smallest absolute Gasteiger partial charge is 0.251 e. The van der Waals surface area contributed by atoms with E-state index in [-0.39, 0.29) is 12.3 Å². The fourth-order valence-corrected chi connectivity index (χ4v) is 2.30. The second-order valence-electron chi connectivity index (χ2n) is 3.79. The van der Waals surface area contributed by atoms with Crippen molar-refractivity contribution in [3.8, 4) is 6.07 Å². The minimum absolute atomic E-state index is 0.243. The molecule has 0 fully saturated rings. The van der Waals surface area contributed by atoms with E-state index in [1.54, 1.807) is 12.1 Å². The van der Waals surface area contributed by atoms with Crippen LogP contribution in [-0.2, 0) is 4.79 Å².